The fourth-order valence-corrected chi connectivity index (χ4v) is 2.71. The average Bonchev–Trinajstić information content (AvgIpc) is 2.58. The van der Waals surface area contributed by atoms with Crippen LogP contribution in [0.4, 0.5) is 5.69 Å². The lowest BCUT2D eigenvalue weighted by Crippen LogP contribution is -1.97. The number of nitrogens with one attached hydrogen (secondary N) is 1. The molecule has 3 rings (SSSR count). The summed E-state index contributed by atoms with van der Waals surface area (Å²) in [7, 11) is 0. The maximum atomic E-state index is 12.4. The third kappa shape index (κ3) is 3.39. The van der Waals surface area contributed by atoms with Crippen LogP contribution in [-0.2, 0) is 0 Å². The molecule has 0 radical (unpaired) electrons. The largest absolute Gasteiger partial charge is 0.360 e. The second kappa shape index (κ2) is 6.86. The average molecular weight is 342 g/mol. The molecule has 0 aliphatic rings. The van der Waals surface area contributed by atoms with Gasteiger partial charge in [0.05, 0.1) is 15.7 Å². The van der Waals surface area contributed by atoms with Gasteiger partial charge in [-0.15, -0.1) is 0 Å². The van der Waals surface area contributed by atoms with Gasteiger partial charge in [-0.05, 0) is 22.9 Å². The molecule has 0 atom stereocenters. The Morgan fingerprint density at radius 2 is 1.65 bits per heavy atom. The molecule has 0 bridgehead atoms. The molecule has 0 saturated heterocycles. The highest BCUT2D eigenvalue weighted by atomic mass is 35.5. The van der Waals surface area contributed by atoms with Gasteiger partial charge in [0.15, 0.2) is 5.78 Å². The third-order valence-electron chi connectivity index (χ3n) is 3.48. The quantitative estimate of drug-likeness (QED) is 0.468. The van der Waals surface area contributed by atoms with Crippen molar-refractivity contribution in [2.45, 2.75) is 0 Å². The van der Waals surface area contributed by atoms with Crippen LogP contribution in [0, 0.1) is 0 Å². The number of ketones is 1. The topological polar surface area (TPSA) is 29.1 Å². The Morgan fingerprint density at radius 3 is 2.52 bits per heavy atom. The second-order valence-corrected chi connectivity index (χ2v) is 5.76. The van der Waals surface area contributed by atoms with Gasteiger partial charge in [0.25, 0.3) is 0 Å². The summed E-state index contributed by atoms with van der Waals surface area (Å²) in [6.07, 6.45) is 3.06. The summed E-state index contributed by atoms with van der Waals surface area (Å²) in [6, 6.07) is 18.8. The van der Waals surface area contributed by atoms with Crippen molar-refractivity contribution in [3.63, 3.8) is 0 Å². The van der Waals surface area contributed by atoms with E-state index in [1.165, 1.54) is 6.08 Å². The van der Waals surface area contributed by atoms with Crippen LogP contribution in [0.15, 0.2) is 72.9 Å². The van der Waals surface area contributed by atoms with Crippen molar-refractivity contribution >= 4 is 45.4 Å². The van der Waals surface area contributed by atoms with Crippen LogP contribution in [0.2, 0.25) is 10.0 Å². The molecule has 114 valence electrons. The van der Waals surface area contributed by atoms with E-state index < -0.39 is 0 Å². The lowest BCUT2D eigenvalue weighted by molar-refractivity contribution is 0.104. The van der Waals surface area contributed by atoms with Gasteiger partial charge in [-0.2, -0.15) is 0 Å². The first-order valence-electron chi connectivity index (χ1n) is 7.06. The number of rotatable bonds is 4. The van der Waals surface area contributed by atoms with Crippen LogP contribution < -0.4 is 5.32 Å². The van der Waals surface area contributed by atoms with Gasteiger partial charge < -0.3 is 5.32 Å². The molecule has 0 saturated carbocycles. The number of anilines is 1. The molecule has 3 aromatic carbocycles. The van der Waals surface area contributed by atoms with Gasteiger partial charge in [-0.25, -0.2) is 0 Å². The SMILES string of the molecule is O=C(/C=C/Nc1cccc(Cl)c1Cl)c1cccc2ccccc12. The zero-order chi connectivity index (χ0) is 16.2. The van der Waals surface area contributed by atoms with E-state index in [2.05, 4.69) is 5.32 Å². The van der Waals surface area contributed by atoms with E-state index >= 15 is 0 Å². The van der Waals surface area contributed by atoms with E-state index in [0.29, 0.717) is 21.3 Å². The molecular formula is C19H13Cl2NO. The predicted octanol–water partition coefficient (Wildman–Crippen LogP) is 5.96. The van der Waals surface area contributed by atoms with Crippen LogP contribution in [-0.4, -0.2) is 5.78 Å². The molecule has 0 heterocycles. The molecule has 0 unspecified atom stereocenters. The minimum absolute atomic E-state index is 0.0764. The van der Waals surface area contributed by atoms with E-state index in [1.807, 2.05) is 42.5 Å². The Bertz CT molecular complexity index is 898. The lowest BCUT2D eigenvalue weighted by atomic mass is 10.0. The van der Waals surface area contributed by atoms with Crippen LogP contribution in [0.3, 0.4) is 0 Å². The van der Waals surface area contributed by atoms with E-state index in [9.17, 15) is 4.79 Å². The van der Waals surface area contributed by atoms with Crippen LogP contribution >= 0.6 is 23.2 Å². The summed E-state index contributed by atoms with van der Waals surface area (Å²) < 4.78 is 0. The van der Waals surface area contributed by atoms with Crippen molar-refractivity contribution in [3.8, 4) is 0 Å². The number of benzene rings is 3. The van der Waals surface area contributed by atoms with Gasteiger partial charge in [-0.3, -0.25) is 4.79 Å². The van der Waals surface area contributed by atoms with Gasteiger partial charge in [0, 0.05) is 17.8 Å². The Labute approximate surface area is 144 Å². The van der Waals surface area contributed by atoms with Gasteiger partial charge in [0.2, 0.25) is 0 Å². The highest BCUT2D eigenvalue weighted by molar-refractivity contribution is 6.43. The fourth-order valence-electron chi connectivity index (χ4n) is 2.35. The first kappa shape index (κ1) is 15.6. The summed E-state index contributed by atoms with van der Waals surface area (Å²) in [4.78, 5) is 12.4. The maximum absolute atomic E-state index is 12.4. The molecule has 1 N–H and O–H groups in total. The monoisotopic (exact) mass is 341 g/mol. The highest BCUT2D eigenvalue weighted by Crippen LogP contribution is 2.29. The number of halogens is 2. The van der Waals surface area contributed by atoms with Crippen molar-refractivity contribution < 1.29 is 4.79 Å². The zero-order valence-corrected chi connectivity index (χ0v) is 13.6. The number of hydrogen-bond donors (Lipinski definition) is 1. The number of carbonyl (C=O) groups excluding carboxylic acids is 1. The molecule has 0 spiro atoms. The number of carbonyl (C=O) groups is 1. The van der Waals surface area contributed by atoms with Crippen LogP contribution in [0.5, 0.6) is 0 Å². The molecule has 0 aromatic heterocycles. The normalized spacial score (nSPS) is 11.0. The molecule has 4 heteroatoms. The third-order valence-corrected chi connectivity index (χ3v) is 4.30. The first-order chi connectivity index (χ1) is 11.2. The van der Waals surface area contributed by atoms with Crippen molar-refractivity contribution in [1.29, 1.82) is 0 Å². The number of allylic oxidation sites excluding steroid dienone is 1. The standard InChI is InChI=1S/C19H13Cl2NO/c20-16-9-4-10-17(19(16)21)22-12-11-18(23)15-8-3-6-13-5-1-2-7-14(13)15/h1-12,22H/b12-11+. The number of fused-ring (bicyclic) bond motifs is 1. The van der Waals surface area contributed by atoms with Gasteiger partial charge >= 0.3 is 0 Å². The highest BCUT2D eigenvalue weighted by Gasteiger charge is 2.07. The summed E-state index contributed by atoms with van der Waals surface area (Å²) in [5.74, 6) is -0.0764. The smallest absolute Gasteiger partial charge is 0.187 e. The molecule has 0 aliphatic heterocycles. The van der Waals surface area contributed by atoms with E-state index in [4.69, 9.17) is 23.2 Å². The molecule has 23 heavy (non-hydrogen) atoms. The fraction of sp³-hybridized carbons (Fsp3) is 0. The molecule has 3 aromatic rings. The van der Waals surface area contributed by atoms with E-state index in [1.54, 1.807) is 24.4 Å². The molecule has 2 nitrogen and oxygen atoms in total. The zero-order valence-electron chi connectivity index (χ0n) is 12.1. The number of hydrogen-bond acceptors (Lipinski definition) is 2. The molecular weight excluding hydrogens is 329 g/mol. The minimum atomic E-state index is -0.0764. The molecule has 0 fully saturated rings. The van der Waals surface area contributed by atoms with Crippen LogP contribution in [0.1, 0.15) is 10.4 Å². The Balaban J connectivity index is 1.82. The van der Waals surface area contributed by atoms with Crippen molar-refractivity contribution in [2.24, 2.45) is 0 Å². The van der Waals surface area contributed by atoms with Gasteiger partial charge in [0.1, 0.15) is 0 Å². The Morgan fingerprint density at radius 1 is 0.913 bits per heavy atom. The minimum Gasteiger partial charge on any atom is -0.360 e. The molecule has 0 amide bonds. The maximum Gasteiger partial charge on any atom is 0.187 e. The molecule has 0 aliphatic carbocycles. The van der Waals surface area contributed by atoms with Gasteiger partial charge in [-0.1, -0.05) is 71.7 Å². The summed E-state index contributed by atoms with van der Waals surface area (Å²) in [5, 5.41) is 5.85. The van der Waals surface area contributed by atoms with Crippen molar-refractivity contribution in [1.82, 2.24) is 0 Å². The van der Waals surface area contributed by atoms with E-state index in [0.717, 1.165) is 10.8 Å². The second-order valence-electron chi connectivity index (χ2n) is 4.97. The Hall–Kier alpha value is -2.29. The predicted molar refractivity (Wildman–Crippen MR) is 97.5 cm³/mol. The van der Waals surface area contributed by atoms with Crippen molar-refractivity contribution in [3.05, 3.63) is 88.5 Å². The first-order valence-corrected chi connectivity index (χ1v) is 7.81. The van der Waals surface area contributed by atoms with E-state index in [-0.39, 0.29) is 5.78 Å². The lowest BCUT2D eigenvalue weighted by Gasteiger charge is -2.05. The Kier molecular flexibility index (Phi) is 4.65. The summed E-state index contributed by atoms with van der Waals surface area (Å²) >= 11 is 12.0. The van der Waals surface area contributed by atoms with Crippen LogP contribution in [0.25, 0.3) is 10.8 Å². The van der Waals surface area contributed by atoms with Crippen molar-refractivity contribution in [2.75, 3.05) is 5.32 Å². The summed E-state index contributed by atoms with van der Waals surface area (Å²) in [6.45, 7) is 0. The summed E-state index contributed by atoms with van der Waals surface area (Å²) in [5.41, 5.74) is 1.32.